The van der Waals surface area contributed by atoms with Crippen molar-refractivity contribution in [2.75, 3.05) is 26.2 Å². The van der Waals surface area contributed by atoms with Gasteiger partial charge < -0.3 is 5.32 Å². The third-order valence-corrected chi connectivity index (χ3v) is 5.06. The molecule has 26 heavy (non-hydrogen) atoms. The average Bonchev–Trinajstić information content (AvgIpc) is 2.62. The van der Waals surface area contributed by atoms with Gasteiger partial charge in [-0.3, -0.25) is 14.5 Å². The molecule has 1 heterocycles. The molecule has 0 aromatic heterocycles. The average molecular weight is 359 g/mol. The predicted molar refractivity (Wildman–Crippen MR) is 106 cm³/mol. The van der Waals surface area contributed by atoms with Crippen molar-refractivity contribution in [2.24, 2.45) is 11.8 Å². The predicted octanol–water partition coefficient (Wildman–Crippen LogP) is 3.70. The standard InChI is InChI=1S/C22H34N2O2/c1-4-5-12-23-21(25)16-24-13-10-20(11-14-24)22(26)19-8-6-18(7-9-19)15-17(2)3/h6-9,17,20H,4-5,10-16H2,1-3H3,(H,23,25). The first-order chi connectivity index (χ1) is 12.5. The van der Waals surface area contributed by atoms with Crippen molar-refractivity contribution < 1.29 is 9.59 Å². The third kappa shape index (κ3) is 6.56. The second-order valence-corrected chi connectivity index (χ2v) is 7.91. The fourth-order valence-corrected chi connectivity index (χ4v) is 3.53. The van der Waals surface area contributed by atoms with Gasteiger partial charge in [0.15, 0.2) is 5.78 Å². The Labute approximate surface area is 158 Å². The van der Waals surface area contributed by atoms with Crippen LogP contribution in [0.5, 0.6) is 0 Å². The molecular formula is C22H34N2O2. The molecule has 0 atom stereocenters. The number of nitrogens with one attached hydrogen (secondary N) is 1. The Morgan fingerprint density at radius 1 is 1.15 bits per heavy atom. The Kier molecular flexibility index (Phi) is 8.30. The second kappa shape index (κ2) is 10.5. The number of benzene rings is 1. The molecule has 1 aromatic carbocycles. The summed E-state index contributed by atoms with van der Waals surface area (Å²) in [5.41, 5.74) is 2.12. The van der Waals surface area contributed by atoms with Crippen LogP contribution in [0.4, 0.5) is 0 Å². The van der Waals surface area contributed by atoms with Gasteiger partial charge in [0, 0.05) is 18.0 Å². The molecule has 1 aromatic rings. The van der Waals surface area contributed by atoms with Crippen molar-refractivity contribution >= 4 is 11.7 Å². The summed E-state index contributed by atoms with van der Waals surface area (Å²) in [6.45, 7) is 9.39. The van der Waals surface area contributed by atoms with Crippen LogP contribution in [0.15, 0.2) is 24.3 Å². The Hall–Kier alpha value is -1.68. The first kappa shape index (κ1) is 20.6. The molecule has 144 valence electrons. The number of unbranched alkanes of at least 4 members (excludes halogenated alkanes) is 1. The Morgan fingerprint density at radius 2 is 1.81 bits per heavy atom. The number of carbonyl (C=O) groups excluding carboxylic acids is 2. The zero-order valence-electron chi connectivity index (χ0n) is 16.6. The molecule has 0 radical (unpaired) electrons. The summed E-state index contributed by atoms with van der Waals surface area (Å²) in [7, 11) is 0. The number of likely N-dealkylation sites (tertiary alicyclic amines) is 1. The van der Waals surface area contributed by atoms with Gasteiger partial charge in [-0.15, -0.1) is 0 Å². The maximum Gasteiger partial charge on any atom is 0.234 e. The Balaban J connectivity index is 1.78. The lowest BCUT2D eigenvalue weighted by Gasteiger charge is -2.30. The van der Waals surface area contributed by atoms with Crippen LogP contribution in [0, 0.1) is 11.8 Å². The summed E-state index contributed by atoms with van der Waals surface area (Å²) in [6.07, 6.45) is 4.85. The van der Waals surface area contributed by atoms with Gasteiger partial charge in [-0.05, 0) is 50.3 Å². The smallest absolute Gasteiger partial charge is 0.234 e. The molecule has 0 bridgehead atoms. The minimum Gasteiger partial charge on any atom is -0.355 e. The van der Waals surface area contributed by atoms with Gasteiger partial charge in [0.25, 0.3) is 0 Å². The highest BCUT2D eigenvalue weighted by Crippen LogP contribution is 2.22. The molecule has 0 spiro atoms. The van der Waals surface area contributed by atoms with Crippen molar-refractivity contribution in [3.05, 3.63) is 35.4 Å². The monoisotopic (exact) mass is 358 g/mol. The van der Waals surface area contributed by atoms with E-state index in [9.17, 15) is 9.59 Å². The van der Waals surface area contributed by atoms with Crippen molar-refractivity contribution in [2.45, 2.75) is 52.9 Å². The number of nitrogens with zero attached hydrogens (tertiary/aromatic N) is 1. The van der Waals surface area contributed by atoms with Crippen LogP contribution in [0.1, 0.15) is 62.4 Å². The van der Waals surface area contributed by atoms with E-state index >= 15 is 0 Å². The minimum absolute atomic E-state index is 0.0883. The molecule has 0 aliphatic carbocycles. The summed E-state index contributed by atoms with van der Waals surface area (Å²) < 4.78 is 0. The number of carbonyl (C=O) groups is 2. The number of rotatable bonds is 9. The molecule has 0 unspecified atom stereocenters. The lowest BCUT2D eigenvalue weighted by molar-refractivity contribution is -0.122. The molecule has 1 fully saturated rings. The number of hydrogen-bond acceptors (Lipinski definition) is 3. The van der Waals surface area contributed by atoms with Crippen molar-refractivity contribution in [3.63, 3.8) is 0 Å². The SMILES string of the molecule is CCCCNC(=O)CN1CCC(C(=O)c2ccc(CC(C)C)cc2)CC1. The van der Waals surface area contributed by atoms with Crippen LogP contribution >= 0.6 is 0 Å². The van der Waals surface area contributed by atoms with Crippen LogP contribution in [0.3, 0.4) is 0 Å². The van der Waals surface area contributed by atoms with Gasteiger partial charge in [-0.1, -0.05) is 51.5 Å². The van der Waals surface area contributed by atoms with E-state index in [0.717, 1.165) is 57.3 Å². The van der Waals surface area contributed by atoms with E-state index in [-0.39, 0.29) is 17.6 Å². The first-order valence-corrected chi connectivity index (χ1v) is 10.1. The van der Waals surface area contributed by atoms with Gasteiger partial charge in [0.1, 0.15) is 0 Å². The largest absolute Gasteiger partial charge is 0.355 e. The van der Waals surface area contributed by atoms with E-state index < -0.39 is 0 Å². The molecule has 2 rings (SSSR count). The Bertz CT molecular complexity index is 572. The molecule has 1 saturated heterocycles. The molecule has 0 saturated carbocycles. The summed E-state index contributed by atoms with van der Waals surface area (Å²) in [4.78, 5) is 26.8. The number of piperidine rings is 1. The van der Waals surface area contributed by atoms with Gasteiger partial charge in [-0.25, -0.2) is 0 Å². The molecule has 1 amide bonds. The first-order valence-electron chi connectivity index (χ1n) is 10.1. The van der Waals surface area contributed by atoms with E-state index in [1.807, 2.05) is 12.1 Å². The Morgan fingerprint density at radius 3 is 2.38 bits per heavy atom. The third-order valence-electron chi connectivity index (χ3n) is 5.06. The van der Waals surface area contributed by atoms with Crippen LogP contribution < -0.4 is 5.32 Å². The molecule has 4 heteroatoms. The zero-order valence-corrected chi connectivity index (χ0v) is 16.6. The quantitative estimate of drug-likeness (QED) is 0.541. The second-order valence-electron chi connectivity index (χ2n) is 7.91. The fraction of sp³-hybridized carbons (Fsp3) is 0.636. The van der Waals surface area contributed by atoms with Gasteiger partial charge >= 0.3 is 0 Å². The summed E-state index contributed by atoms with van der Waals surface area (Å²) >= 11 is 0. The number of Topliss-reactive ketones (excluding diaryl/α,β-unsaturated/α-hetero) is 1. The maximum atomic E-state index is 12.7. The topological polar surface area (TPSA) is 49.4 Å². The normalized spacial score (nSPS) is 16.0. The van der Waals surface area contributed by atoms with E-state index in [2.05, 4.69) is 43.1 Å². The molecular weight excluding hydrogens is 324 g/mol. The highest BCUT2D eigenvalue weighted by Gasteiger charge is 2.26. The van der Waals surface area contributed by atoms with Crippen molar-refractivity contribution in [1.82, 2.24) is 10.2 Å². The molecule has 1 aliphatic heterocycles. The van der Waals surface area contributed by atoms with E-state index in [0.29, 0.717) is 12.5 Å². The number of amides is 1. The van der Waals surface area contributed by atoms with Crippen molar-refractivity contribution in [3.8, 4) is 0 Å². The van der Waals surface area contributed by atoms with E-state index in [1.165, 1.54) is 5.56 Å². The molecule has 1 N–H and O–H groups in total. The summed E-state index contributed by atoms with van der Waals surface area (Å²) in [5, 5.41) is 2.96. The highest BCUT2D eigenvalue weighted by molar-refractivity contribution is 5.98. The lowest BCUT2D eigenvalue weighted by Crippen LogP contribution is -2.42. The van der Waals surface area contributed by atoms with Crippen LogP contribution in [-0.4, -0.2) is 42.8 Å². The van der Waals surface area contributed by atoms with Crippen molar-refractivity contribution in [1.29, 1.82) is 0 Å². The minimum atomic E-state index is 0.0883. The zero-order chi connectivity index (χ0) is 18.9. The number of hydrogen-bond donors (Lipinski definition) is 1. The maximum absolute atomic E-state index is 12.7. The molecule has 4 nitrogen and oxygen atoms in total. The van der Waals surface area contributed by atoms with E-state index in [4.69, 9.17) is 0 Å². The highest BCUT2D eigenvalue weighted by atomic mass is 16.2. The van der Waals surface area contributed by atoms with Crippen LogP contribution in [-0.2, 0) is 11.2 Å². The van der Waals surface area contributed by atoms with Crippen LogP contribution in [0.2, 0.25) is 0 Å². The van der Waals surface area contributed by atoms with Gasteiger partial charge in [0.05, 0.1) is 6.54 Å². The summed E-state index contributed by atoms with van der Waals surface area (Å²) in [6, 6.07) is 8.13. The van der Waals surface area contributed by atoms with Gasteiger partial charge in [0.2, 0.25) is 5.91 Å². The van der Waals surface area contributed by atoms with E-state index in [1.54, 1.807) is 0 Å². The van der Waals surface area contributed by atoms with Crippen LogP contribution in [0.25, 0.3) is 0 Å². The lowest BCUT2D eigenvalue weighted by atomic mass is 9.88. The number of ketones is 1. The fourth-order valence-electron chi connectivity index (χ4n) is 3.53. The summed E-state index contributed by atoms with van der Waals surface area (Å²) in [5.74, 6) is 1.07. The molecule has 1 aliphatic rings. The van der Waals surface area contributed by atoms with Gasteiger partial charge in [-0.2, -0.15) is 0 Å².